The number of fused-ring (bicyclic) bond motifs is 3. The number of aryl methyl sites for hydroxylation is 3. The minimum absolute atomic E-state index is 0.222. The topological polar surface area (TPSA) is 42.2 Å². The van der Waals surface area contributed by atoms with E-state index in [1.54, 1.807) is 0 Å². The highest BCUT2D eigenvalue weighted by Crippen LogP contribution is 2.35. The molecule has 2 aromatic rings. The molecular formula is C16H19NO2. The zero-order valence-corrected chi connectivity index (χ0v) is 11.7. The minimum Gasteiger partial charge on any atom is -0.481 e. The summed E-state index contributed by atoms with van der Waals surface area (Å²) in [5.41, 5.74) is 6.44. The number of carboxylic acid groups (broad SMARTS) is 1. The average molecular weight is 257 g/mol. The Hall–Kier alpha value is -1.77. The molecule has 1 atom stereocenters. The van der Waals surface area contributed by atoms with Crippen LogP contribution in [0, 0.1) is 19.8 Å². The second-order valence-electron chi connectivity index (χ2n) is 5.67. The fraction of sp³-hybridized carbons (Fsp3) is 0.438. The Labute approximate surface area is 112 Å². The molecule has 0 saturated carbocycles. The first-order chi connectivity index (χ1) is 9.00. The van der Waals surface area contributed by atoms with Gasteiger partial charge in [0.2, 0.25) is 0 Å². The number of aromatic nitrogens is 1. The number of aliphatic carboxylic acids is 1. The summed E-state index contributed by atoms with van der Waals surface area (Å²) in [7, 11) is 2.11. The van der Waals surface area contributed by atoms with Crippen LogP contribution < -0.4 is 0 Å². The monoisotopic (exact) mass is 257 g/mol. The minimum atomic E-state index is -0.661. The van der Waals surface area contributed by atoms with E-state index in [1.807, 2.05) is 0 Å². The number of nitrogens with zero attached hydrogens (tertiary/aromatic N) is 1. The van der Waals surface area contributed by atoms with E-state index in [0.29, 0.717) is 6.42 Å². The summed E-state index contributed by atoms with van der Waals surface area (Å²) in [6, 6.07) is 4.29. The quantitative estimate of drug-likeness (QED) is 0.853. The maximum absolute atomic E-state index is 11.2. The molecule has 0 bridgehead atoms. The first kappa shape index (κ1) is 12.3. The van der Waals surface area contributed by atoms with Crippen LogP contribution in [0.4, 0.5) is 0 Å². The van der Waals surface area contributed by atoms with Crippen LogP contribution in [-0.4, -0.2) is 15.6 Å². The van der Waals surface area contributed by atoms with Gasteiger partial charge in [-0.1, -0.05) is 12.1 Å². The van der Waals surface area contributed by atoms with Crippen LogP contribution in [0.5, 0.6) is 0 Å². The Morgan fingerprint density at radius 1 is 1.37 bits per heavy atom. The van der Waals surface area contributed by atoms with Crippen LogP contribution in [0.3, 0.4) is 0 Å². The lowest BCUT2D eigenvalue weighted by Crippen LogP contribution is -2.22. The van der Waals surface area contributed by atoms with Gasteiger partial charge in [-0.15, -0.1) is 0 Å². The molecule has 3 heteroatoms. The van der Waals surface area contributed by atoms with Crippen molar-refractivity contribution in [2.24, 2.45) is 13.0 Å². The summed E-state index contributed by atoms with van der Waals surface area (Å²) in [4.78, 5) is 11.2. The summed E-state index contributed by atoms with van der Waals surface area (Å²) in [5.74, 6) is -0.883. The van der Waals surface area contributed by atoms with Gasteiger partial charge < -0.3 is 9.67 Å². The lowest BCUT2D eigenvalue weighted by atomic mass is 9.86. The zero-order valence-electron chi connectivity index (χ0n) is 11.7. The SMILES string of the molecule is Cc1ccc2c3c(n(C)c2c1C)CCC(C(=O)O)C3. The second kappa shape index (κ2) is 4.12. The van der Waals surface area contributed by atoms with Gasteiger partial charge in [-0.2, -0.15) is 0 Å². The number of rotatable bonds is 1. The first-order valence-corrected chi connectivity index (χ1v) is 6.80. The van der Waals surface area contributed by atoms with E-state index in [0.717, 1.165) is 12.8 Å². The molecule has 3 nitrogen and oxygen atoms in total. The van der Waals surface area contributed by atoms with Gasteiger partial charge in [0.1, 0.15) is 0 Å². The fourth-order valence-electron chi connectivity index (χ4n) is 3.39. The van der Waals surface area contributed by atoms with Crippen molar-refractivity contribution in [3.8, 4) is 0 Å². The molecule has 1 aliphatic carbocycles. The third kappa shape index (κ3) is 1.68. The molecule has 0 spiro atoms. The van der Waals surface area contributed by atoms with Gasteiger partial charge in [-0.05, 0) is 49.8 Å². The van der Waals surface area contributed by atoms with Gasteiger partial charge in [-0.25, -0.2) is 0 Å². The lowest BCUT2D eigenvalue weighted by Gasteiger charge is -2.19. The predicted octanol–water partition coefficient (Wildman–Crippen LogP) is 2.98. The van der Waals surface area contributed by atoms with Crippen molar-refractivity contribution >= 4 is 16.9 Å². The number of carbonyl (C=O) groups is 1. The standard InChI is InChI=1S/C16H19NO2/c1-9-4-6-12-13-8-11(16(18)19)5-7-14(13)17(3)15(12)10(9)2/h4,6,11H,5,7-8H2,1-3H3,(H,18,19). The van der Waals surface area contributed by atoms with Gasteiger partial charge in [0.05, 0.1) is 11.4 Å². The van der Waals surface area contributed by atoms with Crippen molar-refractivity contribution in [3.05, 3.63) is 34.5 Å². The van der Waals surface area contributed by atoms with Gasteiger partial charge >= 0.3 is 5.97 Å². The van der Waals surface area contributed by atoms with E-state index in [9.17, 15) is 9.90 Å². The molecule has 19 heavy (non-hydrogen) atoms. The van der Waals surface area contributed by atoms with E-state index in [2.05, 4.69) is 37.6 Å². The summed E-state index contributed by atoms with van der Waals surface area (Å²) in [6.07, 6.45) is 2.30. The van der Waals surface area contributed by atoms with Crippen molar-refractivity contribution in [2.75, 3.05) is 0 Å². The van der Waals surface area contributed by atoms with E-state index < -0.39 is 5.97 Å². The molecule has 1 aromatic carbocycles. The van der Waals surface area contributed by atoms with Crippen molar-refractivity contribution in [2.45, 2.75) is 33.1 Å². The van der Waals surface area contributed by atoms with E-state index in [4.69, 9.17) is 0 Å². The van der Waals surface area contributed by atoms with Crippen LogP contribution in [0.25, 0.3) is 10.9 Å². The van der Waals surface area contributed by atoms with Crippen LogP contribution in [0.2, 0.25) is 0 Å². The van der Waals surface area contributed by atoms with Gasteiger partial charge in [0.25, 0.3) is 0 Å². The van der Waals surface area contributed by atoms with Crippen LogP contribution in [0.1, 0.15) is 28.8 Å². The molecule has 1 unspecified atom stereocenters. The number of hydrogen-bond donors (Lipinski definition) is 1. The van der Waals surface area contributed by atoms with E-state index in [1.165, 1.54) is 33.3 Å². The first-order valence-electron chi connectivity index (χ1n) is 6.80. The molecule has 0 aliphatic heterocycles. The highest BCUT2D eigenvalue weighted by Gasteiger charge is 2.28. The Balaban J connectivity index is 2.25. The Bertz CT molecular complexity index is 682. The van der Waals surface area contributed by atoms with Crippen molar-refractivity contribution in [1.29, 1.82) is 0 Å². The molecule has 0 amide bonds. The summed E-state index contributed by atoms with van der Waals surface area (Å²) < 4.78 is 2.27. The van der Waals surface area contributed by atoms with E-state index in [-0.39, 0.29) is 5.92 Å². The molecule has 1 heterocycles. The van der Waals surface area contributed by atoms with Crippen LogP contribution in [0.15, 0.2) is 12.1 Å². The molecule has 0 radical (unpaired) electrons. The second-order valence-corrected chi connectivity index (χ2v) is 5.67. The van der Waals surface area contributed by atoms with Gasteiger partial charge in [-0.3, -0.25) is 4.79 Å². The fourth-order valence-corrected chi connectivity index (χ4v) is 3.39. The largest absolute Gasteiger partial charge is 0.481 e. The van der Waals surface area contributed by atoms with Crippen LogP contribution >= 0.6 is 0 Å². The average Bonchev–Trinajstić information content (AvgIpc) is 2.67. The molecular weight excluding hydrogens is 238 g/mol. The molecule has 3 rings (SSSR count). The Morgan fingerprint density at radius 2 is 2.11 bits per heavy atom. The summed E-state index contributed by atoms with van der Waals surface area (Å²) in [6.45, 7) is 4.28. The molecule has 0 saturated heterocycles. The summed E-state index contributed by atoms with van der Waals surface area (Å²) >= 11 is 0. The van der Waals surface area contributed by atoms with Gasteiger partial charge in [0.15, 0.2) is 0 Å². The molecule has 1 aliphatic rings. The highest BCUT2D eigenvalue weighted by molar-refractivity contribution is 5.90. The van der Waals surface area contributed by atoms with Crippen molar-refractivity contribution < 1.29 is 9.90 Å². The van der Waals surface area contributed by atoms with Gasteiger partial charge in [0, 0.05) is 18.1 Å². The zero-order chi connectivity index (χ0) is 13.7. The number of carboxylic acids is 1. The normalized spacial score (nSPS) is 18.6. The molecule has 1 N–H and O–H groups in total. The molecule has 1 aromatic heterocycles. The number of benzene rings is 1. The maximum Gasteiger partial charge on any atom is 0.306 e. The summed E-state index contributed by atoms with van der Waals surface area (Å²) in [5, 5.41) is 10.5. The van der Waals surface area contributed by atoms with E-state index >= 15 is 0 Å². The smallest absolute Gasteiger partial charge is 0.306 e. The van der Waals surface area contributed by atoms with Crippen molar-refractivity contribution in [3.63, 3.8) is 0 Å². The lowest BCUT2D eigenvalue weighted by molar-refractivity contribution is -0.142. The maximum atomic E-state index is 11.2. The molecule has 0 fully saturated rings. The van der Waals surface area contributed by atoms with Crippen molar-refractivity contribution in [1.82, 2.24) is 4.57 Å². The number of hydrogen-bond acceptors (Lipinski definition) is 1. The Kier molecular flexibility index (Phi) is 2.66. The highest BCUT2D eigenvalue weighted by atomic mass is 16.4. The third-order valence-corrected chi connectivity index (χ3v) is 4.64. The molecule has 100 valence electrons. The van der Waals surface area contributed by atoms with Crippen LogP contribution in [-0.2, 0) is 24.7 Å². The Morgan fingerprint density at radius 3 is 2.79 bits per heavy atom. The predicted molar refractivity (Wildman–Crippen MR) is 75.5 cm³/mol. The third-order valence-electron chi connectivity index (χ3n) is 4.64.